The van der Waals surface area contributed by atoms with Gasteiger partial charge in [0, 0.05) is 19.2 Å². The Balaban J connectivity index is 3.39. The molecule has 118 valence electrons. The van der Waals surface area contributed by atoms with E-state index in [1.165, 1.54) is 16.4 Å². The standard InChI is InChI=1S/C12H20N4O4S/c1-4-15(8-9(2)3)21(19,20)12-6-5-10(14-13)7-11(12)16(17)18/h5-7,9,14H,4,8,13H2,1-3H3. The van der Waals surface area contributed by atoms with Crippen LogP contribution < -0.4 is 11.3 Å². The van der Waals surface area contributed by atoms with Crippen molar-refractivity contribution in [2.75, 3.05) is 18.5 Å². The molecule has 0 unspecified atom stereocenters. The molecule has 0 fully saturated rings. The van der Waals surface area contributed by atoms with E-state index in [0.717, 1.165) is 6.07 Å². The number of hydrogen-bond acceptors (Lipinski definition) is 6. The molecule has 0 amide bonds. The zero-order valence-corrected chi connectivity index (χ0v) is 13.1. The first-order chi connectivity index (χ1) is 9.73. The summed E-state index contributed by atoms with van der Waals surface area (Å²) in [6.45, 7) is 6.01. The van der Waals surface area contributed by atoms with Crippen molar-refractivity contribution >= 4 is 21.4 Å². The molecule has 9 heteroatoms. The van der Waals surface area contributed by atoms with Gasteiger partial charge in [-0.2, -0.15) is 4.31 Å². The maximum Gasteiger partial charge on any atom is 0.291 e. The molecule has 0 atom stereocenters. The molecule has 0 heterocycles. The second-order valence-electron chi connectivity index (χ2n) is 4.93. The van der Waals surface area contributed by atoms with Crippen LogP contribution in [-0.2, 0) is 10.0 Å². The summed E-state index contributed by atoms with van der Waals surface area (Å²) < 4.78 is 26.4. The van der Waals surface area contributed by atoms with Gasteiger partial charge in [0.15, 0.2) is 4.90 Å². The lowest BCUT2D eigenvalue weighted by Gasteiger charge is -2.22. The molecule has 1 rings (SSSR count). The quantitative estimate of drug-likeness (QED) is 0.447. The van der Waals surface area contributed by atoms with Crippen LogP contribution in [0.2, 0.25) is 0 Å². The number of nitrogens with zero attached hydrogens (tertiary/aromatic N) is 2. The smallest absolute Gasteiger partial charge is 0.291 e. The number of hydrazine groups is 1. The fraction of sp³-hybridized carbons (Fsp3) is 0.500. The Morgan fingerprint density at radius 2 is 2.05 bits per heavy atom. The molecule has 0 saturated heterocycles. The highest BCUT2D eigenvalue weighted by molar-refractivity contribution is 7.89. The molecular weight excluding hydrogens is 296 g/mol. The molecule has 0 aliphatic heterocycles. The van der Waals surface area contributed by atoms with Crippen LogP contribution in [-0.4, -0.2) is 30.7 Å². The highest BCUT2D eigenvalue weighted by Crippen LogP contribution is 2.29. The zero-order valence-electron chi connectivity index (χ0n) is 12.2. The Kier molecular flexibility index (Phi) is 5.64. The molecule has 0 bridgehead atoms. The van der Waals surface area contributed by atoms with E-state index in [2.05, 4.69) is 5.43 Å². The number of nitrogen functional groups attached to an aromatic ring is 1. The summed E-state index contributed by atoms with van der Waals surface area (Å²) in [5.74, 6) is 5.31. The Morgan fingerprint density at radius 3 is 2.48 bits per heavy atom. The van der Waals surface area contributed by atoms with Crippen LogP contribution in [0.25, 0.3) is 0 Å². The number of benzene rings is 1. The molecule has 0 radical (unpaired) electrons. The average Bonchev–Trinajstić information content (AvgIpc) is 2.43. The lowest BCUT2D eigenvalue weighted by Crippen LogP contribution is -2.34. The predicted molar refractivity (Wildman–Crippen MR) is 80.2 cm³/mol. The third-order valence-electron chi connectivity index (χ3n) is 2.86. The van der Waals surface area contributed by atoms with Crippen molar-refractivity contribution in [3.63, 3.8) is 0 Å². The maximum atomic E-state index is 12.6. The van der Waals surface area contributed by atoms with Crippen molar-refractivity contribution in [1.29, 1.82) is 0 Å². The normalized spacial score (nSPS) is 11.9. The van der Waals surface area contributed by atoms with Crippen LogP contribution in [0.3, 0.4) is 0 Å². The van der Waals surface area contributed by atoms with E-state index in [1.54, 1.807) is 6.92 Å². The minimum Gasteiger partial charge on any atom is -0.324 e. The van der Waals surface area contributed by atoms with Crippen LogP contribution in [0.5, 0.6) is 0 Å². The maximum absolute atomic E-state index is 12.6. The van der Waals surface area contributed by atoms with Crippen molar-refractivity contribution in [3.8, 4) is 0 Å². The Hall–Kier alpha value is -1.71. The third kappa shape index (κ3) is 3.90. The Labute approximate surface area is 124 Å². The molecule has 21 heavy (non-hydrogen) atoms. The molecule has 1 aromatic carbocycles. The average molecular weight is 316 g/mol. The van der Waals surface area contributed by atoms with Crippen LogP contribution in [0.1, 0.15) is 20.8 Å². The van der Waals surface area contributed by atoms with Crippen molar-refractivity contribution in [2.45, 2.75) is 25.7 Å². The van der Waals surface area contributed by atoms with Gasteiger partial charge in [-0.25, -0.2) is 8.42 Å². The second-order valence-corrected chi connectivity index (χ2v) is 6.84. The van der Waals surface area contributed by atoms with Gasteiger partial charge in [-0.3, -0.25) is 16.0 Å². The number of hydrogen-bond donors (Lipinski definition) is 2. The van der Waals surface area contributed by atoms with Gasteiger partial charge in [-0.05, 0) is 18.1 Å². The first-order valence-corrected chi connectivity index (χ1v) is 7.93. The predicted octanol–water partition coefficient (Wildman–Crippen LogP) is 1.55. The van der Waals surface area contributed by atoms with Crippen molar-refractivity contribution in [3.05, 3.63) is 28.3 Å². The largest absolute Gasteiger partial charge is 0.324 e. The summed E-state index contributed by atoms with van der Waals surface area (Å²) in [5.41, 5.74) is 2.04. The topological polar surface area (TPSA) is 119 Å². The van der Waals surface area contributed by atoms with E-state index >= 15 is 0 Å². The molecule has 0 aromatic heterocycles. The summed E-state index contributed by atoms with van der Waals surface area (Å²) in [5, 5.41) is 11.1. The van der Waals surface area contributed by atoms with Crippen molar-refractivity contribution in [1.82, 2.24) is 4.31 Å². The number of rotatable bonds is 7. The zero-order chi connectivity index (χ0) is 16.2. The number of anilines is 1. The van der Waals surface area contributed by atoms with Gasteiger partial charge >= 0.3 is 0 Å². The van der Waals surface area contributed by atoms with E-state index in [1.807, 2.05) is 13.8 Å². The monoisotopic (exact) mass is 316 g/mol. The van der Waals surface area contributed by atoms with Gasteiger partial charge < -0.3 is 5.43 Å². The summed E-state index contributed by atoms with van der Waals surface area (Å²) in [6, 6.07) is 3.70. The van der Waals surface area contributed by atoms with Gasteiger partial charge in [0.1, 0.15) is 0 Å². The van der Waals surface area contributed by atoms with Gasteiger partial charge in [-0.1, -0.05) is 20.8 Å². The first-order valence-electron chi connectivity index (χ1n) is 6.49. The van der Waals surface area contributed by atoms with E-state index < -0.39 is 20.6 Å². The van der Waals surface area contributed by atoms with Crippen LogP contribution in [0.4, 0.5) is 11.4 Å². The van der Waals surface area contributed by atoms with Gasteiger partial charge in [0.05, 0.1) is 10.6 Å². The summed E-state index contributed by atoms with van der Waals surface area (Å²) >= 11 is 0. The molecule has 0 saturated carbocycles. The Bertz CT molecular complexity index is 616. The third-order valence-corrected chi connectivity index (χ3v) is 4.85. The molecule has 0 aliphatic rings. The highest BCUT2D eigenvalue weighted by Gasteiger charge is 2.31. The minimum atomic E-state index is -3.92. The lowest BCUT2D eigenvalue weighted by molar-refractivity contribution is -0.387. The van der Waals surface area contributed by atoms with Gasteiger partial charge in [0.2, 0.25) is 10.0 Å². The summed E-state index contributed by atoms with van der Waals surface area (Å²) in [6.07, 6.45) is 0. The van der Waals surface area contributed by atoms with Crippen molar-refractivity contribution < 1.29 is 13.3 Å². The summed E-state index contributed by atoms with van der Waals surface area (Å²) in [4.78, 5) is 10.1. The second kappa shape index (κ2) is 6.83. The number of nitro benzene ring substituents is 1. The minimum absolute atomic E-state index is 0.115. The molecule has 0 spiro atoms. The molecular formula is C12H20N4O4S. The van der Waals surface area contributed by atoms with Gasteiger partial charge in [0.25, 0.3) is 5.69 Å². The highest BCUT2D eigenvalue weighted by atomic mass is 32.2. The van der Waals surface area contributed by atoms with E-state index in [4.69, 9.17) is 5.84 Å². The molecule has 8 nitrogen and oxygen atoms in total. The molecule has 0 aliphatic carbocycles. The van der Waals surface area contributed by atoms with Crippen molar-refractivity contribution in [2.24, 2.45) is 11.8 Å². The van der Waals surface area contributed by atoms with E-state index in [-0.39, 0.29) is 23.0 Å². The number of nitrogens with one attached hydrogen (secondary N) is 1. The van der Waals surface area contributed by atoms with Crippen LogP contribution >= 0.6 is 0 Å². The van der Waals surface area contributed by atoms with Crippen LogP contribution in [0, 0.1) is 16.0 Å². The van der Waals surface area contributed by atoms with Gasteiger partial charge in [-0.15, -0.1) is 0 Å². The number of sulfonamides is 1. The molecule has 3 N–H and O–H groups in total. The number of nitro groups is 1. The SMILES string of the molecule is CCN(CC(C)C)S(=O)(=O)c1ccc(NN)cc1[N+](=O)[O-]. The number of nitrogens with two attached hydrogens (primary N) is 1. The van der Waals surface area contributed by atoms with Crippen LogP contribution in [0.15, 0.2) is 23.1 Å². The Morgan fingerprint density at radius 1 is 1.43 bits per heavy atom. The fourth-order valence-corrected chi connectivity index (χ4v) is 3.66. The fourth-order valence-electron chi connectivity index (χ4n) is 1.91. The molecule has 1 aromatic rings. The van der Waals surface area contributed by atoms with E-state index in [0.29, 0.717) is 6.54 Å². The van der Waals surface area contributed by atoms with E-state index in [9.17, 15) is 18.5 Å². The first kappa shape index (κ1) is 17.3. The lowest BCUT2D eigenvalue weighted by atomic mass is 10.2. The summed E-state index contributed by atoms with van der Waals surface area (Å²) in [7, 11) is -3.92.